The second-order valence-electron chi connectivity index (χ2n) is 4.12. The first-order chi connectivity index (χ1) is 10.7. The molecular weight excluding hydrogens is 306 g/mol. The number of esters is 1. The Labute approximate surface area is 131 Å². The van der Waals surface area contributed by atoms with E-state index in [0.29, 0.717) is 12.5 Å². The van der Waals surface area contributed by atoms with E-state index in [1.54, 1.807) is 6.92 Å². The number of aromatic nitrogens is 2. The van der Waals surface area contributed by atoms with E-state index in [-0.39, 0.29) is 29.4 Å². The number of hydrogen-bond acceptors (Lipinski definition) is 7. The highest BCUT2D eigenvalue weighted by atomic mass is 32.2. The summed E-state index contributed by atoms with van der Waals surface area (Å²) in [6.45, 7) is 2.06. The van der Waals surface area contributed by atoms with E-state index < -0.39 is 0 Å². The van der Waals surface area contributed by atoms with Crippen molar-refractivity contribution in [1.29, 1.82) is 0 Å². The first kappa shape index (κ1) is 16.0. The Balaban J connectivity index is 1.80. The van der Waals surface area contributed by atoms with Crippen LogP contribution in [0.3, 0.4) is 0 Å². The van der Waals surface area contributed by atoms with Crippen LogP contribution >= 0.6 is 11.8 Å². The lowest BCUT2D eigenvalue weighted by Crippen LogP contribution is -2.16. The van der Waals surface area contributed by atoms with Gasteiger partial charge in [0.15, 0.2) is 0 Å². The molecule has 116 valence electrons. The summed E-state index contributed by atoms with van der Waals surface area (Å²) in [5.74, 6) is -0.112. The second kappa shape index (κ2) is 8.18. The van der Waals surface area contributed by atoms with Crippen molar-refractivity contribution < 1.29 is 18.7 Å². The van der Waals surface area contributed by atoms with Crippen molar-refractivity contribution in [2.45, 2.75) is 6.92 Å². The van der Waals surface area contributed by atoms with Crippen molar-refractivity contribution in [2.24, 2.45) is 0 Å². The summed E-state index contributed by atoms with van der Waals surface area (Å²) >= 11 is 1.16. The first-order valence-corrected chi connectivity index (χ1v) is 7.76. The molecule has 0 aliphatic rings. The number of carbonyl (C=O) groups is 2. The van der Waals surface area contributed by atoms with Gasteiger partial charge in [-0.2, -0.15) is 0 Å². The summed E-state index contributed by atoms with van der Waals surface area (Å²) in [7, 11) is 0. The van der Waals surface area contributed by atoms with E-state index in [0.717, 1.165) is 17.3 Å². The van der Waals surface area contributed by atoms with Gasteiger partial charge in [0, 0.05) is 5.56 Å². The molecule has 0 saturated carbocycles. The lowest BCUT2D eigenvalue weighted by atomic mass is 10.2. The van der Waals surface area contributed by atoms with Crippen molar-refractivity contribution in [3.8, 4) is 11.5 Å². The third kappa shape index (κ3) is 4.88. The Morgan fingerprint density at radius 2 is 2.00 bits per heavy atom. The predicted octanol–water partition coefficient (Wildman–Crippen LogP) is 1.97. The molecule has 0 fully saturated rings. The van der Waals surface area contributed by atoms with Crippen LogP contribution in [-0.4, -0.2) is 40.2 Å². The maximum absolute atomic E-state index is 11.7. The van der Waals surface area contributed by atoms with Gasteiger partial charge in [0.25, 0.3) is 0 Å². The molecule has 1 N–H and O–H groups in total. The topological polar surface area (TPSA) is 94.3 Å². The molecule has 8 heteroatoms. The fourth-order valence-electron chi connectivity index (χ4n) is 1.56. The van der Waals surface area contributed by atoms with Crippen molar-refractivity contribution in [3.05, 3.63) is 30.3 Å². The Morgan fingerprint density at radius 3 is 2.73 bits per heavy atom. The number of hydrogen-bond donors (Lipinski definition) is 1. The maximum atomic E-state index is 11.7. The van der Waals surface area contributed by atoms with Gasteiger partial charge >= 0.3 is 12.0 Å². The number of amides is 1. The molecule has 0 radical (unpaired) electrons. The standard InChI is InChI=1S/C14H15N3O4S/c1-2-20-12(19)9-22-8-11(18)15-14-17-16-13(21-14)10-6-4-3-5-7-10/h3-7H,2,8-9H2,1H3,(H,15,17,18). The summed E-state index contributed by atoms with van der Waals surface area (Å²) in [6.07, 6.45) is 0. The molecule has 22 heavy (non-hydrogen) atoms. The second-order valence-corrected chi connectivity index (χ2v) is 5.11. The van der Waals surface area contributed by atoms with Crippen LogP contribution in [-0.2, 0) is 14.3 Å². The molecule has 2 rings (SSSR count). The highest BCUT2D eigenvalue weighted by molar-refractivity contribution is 8.00. The van der Waals surface area contributed by atoms with Gasteiger partial charge in [-0.3, -0.25) is 14.9 Å². The summed E-state index contributed by atoms with van der Waals surface area (Å²) < 4.78 is 10.1. The van der Waals surface area contributed by atoms with Crippen molar-refractivity contribution in [1.82, 2.24) is 10.2 Å². The third-order valence-corrected chi connectivity index (χ3v) is 3.36. The van der Waals surface area contributed by atoms with Crippen LogP contribution in [0.4, 0.5) is 6.01 Å². The summed E-state index contributed by atoms with van der Waals surface area (Å²) in [4.78, 5) is 22.8. The van der Waals surface area contributed by atoms with E-state index in [1.165, 1.54) is 0 Å². The number of thioether (sulfide) groups is 1. The highest BCUT2D eigenvalue weighted by Crippen LogP contribution is 2.19. The molecule has 0 saturated heterocycles. The normalized spacial score (nSPS) is 10.2. The minimum atomic E-state index is -0.343. The molecule has 0 unspecified atom stereocenters. The van der Waals surface area contributed by atoms with Gasteiger partial charge in [-0.05, 0) is 19.1 Å². The molecule has 1 heterocycles. The third-order valence-electron chi connectivity index (χ3n) is 2.45. The van der Waals surface area contributed by atoms with Crippen LogP contribution in [0.1, 0.15) is 6.92 Å². The minimum Gasteiger partial charge on any atom is -0.465 e. The zero-order valence-electron chi connectivity index (χ0n) is 11.9. The molecule has 1 aromatic carbocycles. The number of carbonyl (C=O) groups excluding carboxylic acids is 2. The van der Waals surface area contributed by atoms with E-state index in [4.69, 9.17) is 9.15 Å². The number of rotatable bonds is 7. The zero-order valence-corrected chi connectivity index (χ0v) is 12.8. The van der Waals surface area contributed by atoms with Crippen LogP contribution in [0.25, 0.3) is 11.5 Å². The van der Waals surface area contributed by atoms with Crippen molar-refractivity contribution in [3.63, 3.8) is 0 Å². The van der Waals surface area contributed by atoms with Gasteiger partial charge in [-0.1, -0.05) is 23.3 Å². The van der Waals surface area contributed by atoms with E-state index in [2.05, 4.69) is 15.5 Å². The molecular formula is C14H15N3O4S. The molecule has 1 amide bonds. The fourth-order valence-corrected chi connectivity index (χ4v) is 2.17. The van der Waals surface area contributed by atoms with Crippen molar-refractivity contribution in [2.75, 3.05) is 23.4 Å². The van der Waals surface area contributed by atoms with Crippen LogP contribution in [0.5, 0.6) is 0 Å². The lowest BCUT2D eigenvalue weighted by Gasteiger charge is -2.01. The van der Waals surface area contributed by atoms with Crippen molar-refractivity contribution >= 4 is 29.7 Å². The largest absolute Gasteiger partial charge is 0.465 e. The summed E-state index contributed by atoms with van der Waals surface area (Å²) in [5, 5.41) is 10.1. The molecule has 1 aromatic heterocycles. The summed E-state index contributed by atoms with van der Waals surface area (Å²) in [6, 6.07) is 9.26. The van der Waals surface area contributed by atoms with Gasteiger partial charge in [-0.25, -0.2) is 0 Å². The average molecular weight is 321 g/mol. The lowest BCUT2D eigenvalue weighted by molar-refractivity contribution is -0.139. The fraction of sp³-hybridized carbons (Fsp3) is 0.286. The van der Waals surface area contributed by atoms with Crippen LogP contribution < -0.4 is 5.32 Å². The van der Waals surface area contributed by atoms with Crippen LogP contribution in [0, 0.1) is 0 Å². The molecule has 0 aliphatic heterocycles. The number of anilines is 1. The first-order valence-electron chi connectivity index (χ1n) is 6.61. The Hall–Kier alpha value is -2.35. The number of nitrogens with zero attached hydrogens (tertiary/aromatic N) is 2. The highest BCUT2D eigenvalue weighted by Gasteiger charge is 2.12. The number of benzene rings is 1. The molecule has 7 nitrogen and oxygen atoms in total. The molecule has 0 bridgehead atoms. The SMILES string of the molecule is CCOC(=O)CSCC(=O)Nc1nnc(-c2ccccc2)o1. The minimum absolute atomic E-state index is 0.0283. The van der Waals surface area contributed by atoms with E-state index in [9.17, 15) is 9.59 Å². The Bertz CT molecular complexity index is 630. The van der Waals surface area contributed by atoms with Crippen LogP contribution in [0.15, 0.2) is 34.7 Å². The van der Waals surface area contributed by atoms with E-state index in [1.807, 2.05) is 30.3 Å². The smallest absolute Gasteiger partial charge is 0.322 e. The van der Waals surface area contributed by atoms with Gasteiger partial charge in [-0.15, -0.1) is 16.9 Å². The van der Waals surface area contributed by atoms with Gasteiger partial charge in [0.2, 0.25) is 11.8 Å². The molecule has 0 atom stereocenters. The molecule has 2 aromatic rings. The quantitative estimate of drug-likeness (QED) is 0.779. The monoisotopic (exact) mass is 321 g/mol. The number of nitrogens with one attached hydrogen (secondary N) is 1. The zero-order chi connectivity index (χ0) is 15.8. The molecule has 0 aliphatic carbocycles. The van der Waals surface area contributed by atoms with Gasteiger partial charge < -0.3 is 9.15 Å². The summed E-state index contributed by atoms with van der Waals surface area (Å²) in [5.41, 5.74) is 0.771. The Kier molecular flexibility index (Phi) is 5.96. The predicted molar refractivity (Wildman–Crippen MR) is 82.3 cm³/mol. The average Bonchev–Trinajstić information content (AvgIpc) is 2.97. The van der Waals surface area contributed by atoms with E-state index >= 15 is 0 Å². The molecule has 0 spiro atoms. The van der Waals surface area contributed by atoms with Gasteiger partial charge in [0.05, 0.1) is 18.1 Å². The Morgan fingerprint density at radius 1 is 1.23 bits per heavy atom. The van der Waals surface area contributed by atoms with Crippen LogP contribution in [0.2, 0.25) is 0 Å². The number of ether oxygens (including phenoxy) is 1. The van der Waals surface area contributed by atoms with Gasteiger partial charge in [0.1, 0.15) is 0 Å². The maximum Gasteiger partial charge on any atom is 0.322 e.